The third-order valence-corrected chi connectivity index (χ3v) is 2.89. The van der Waals surface area contributed by atoms with Crippen molar-refractivity contribution in [2.45, 2.75) is 12.4 Å². The molecule has 0 spiro atoms. The van der Waals surface area contributed by atoms with Gasteiger partial charge in [-0.2, -0.15) is 26.3 Å². The molecule has 2 aromatic rings. The first-order chi connectivity index (χ1) is 10.5. The second kappa shape index (κ2) is 5.56. The summed E-state index contributed by atoms with van der Waals surface area (Å²) in [6.07, 6.45) is -9.22. The average molecular weight is 336 g/mol. The van der Waals surface area contributed by atoms with Crippen molar-refractivity contribution in [3.05, 3.63) is 47.5 Å². The summed E-state index contributed by atoms with van der Waals surface area (Å²) < 4.78 is 80.6. The van der Waals surface area contributed by atoms with Crippen molar-refractivity contribution in [2.24, 2.45) is 0 Å². The van der Waals surface area contributed by atoms with E-state index in [2.05, 4.69) is 0 Å². The summed E-state index contributed by atoms with van der Waals surface area (Å²) in [6, 6.07) is 5.31. The van der Waals surface area contributed by atoms with Crippen LogP contribution in [0.2, 0.25) is 0 Å². The van der Waals surface area contributed by atoms with Gasteiger partial charge in [-0.1, -0.05) is 0 Å². The van der Waals surface area contributed by atoms with E-state index in [0.717, 1.165) is 36.4 Å². The van der Waals surface area contributed by atoms with E-state index in [0.29, 0.717) is 0 Å². The Morgan fingerprint density at radius 1 is 0.652 bits per heavy atom. The van der Waals surface area contributed by atoms with Crippen molar-refractivity contribution in [3.63, 3.8) is 0 Å². The van der Waals surface area contributed by atoms with E-state index in [1.54, 1.807) is 0 Å². The molecule has 2 aromatic carbocycles. The minimum Gasteiger partial charge on any atom is -0.457 e. The molecule has 0 saturated heterocycles. The SMILES string of the molecule is Nc1cc(Oc2ccc(C(F)(F)F)c(N)c2)ccc1C(F)(F)F. The van der Waals surface area contributed by atoms with Crippen molar-refractivity contribution in [1.29, 1.82) is 0 Å². The van der Waals surface area contributed by atoms with Crippen molar-refractivity contribution < 1.29 is 31.1 Å². The third-order valence-electron chi connectivity index (χ3n) is 2.89. The van der Waals surface area contributed by atoms with E-state index in [4.69, 9.17) is 16.2 Å². The Hall–Kier alpha value is -2.58. The number of rotatable bonds is 2. The fourth-order valence-electron chi connectivity index (χ4n) is 1.86. The highest BCUT2D eigenvalue weighted by molar-refractivity contribution is 5.56. The predicted octanol–water partition coefficient (Wildman–Crippen LogP) is 4.68. The molecule has 0 aliphatic carbocycles. The van der Waals surface area contributed by atoms with Gasteiger partial charge in [0.15, 0.2) is 0 Å². The van der Waals surface area contributed by atoms with Gasteiger partial charge in [0, 0.05) is 23.5 Å². The van der Waals surface area contributed by atoms with Crippen LogP contribution in [0.3, 0.4) is 0 Å². The molecular weight excluding hydrogens is 326 g/mol. The first-order valence-corrected chi connectivity index (χ1v) is 6.10. The van der Waals surface area contributed by atoms with Crippen LogP contribution >= 0.6 is 0 Å². The molecule has 0 aliphatic rings. The maximum Gasteiger partial charge on any atom is 0.418 e. The van der Waals surface area contributed by atoms with Crippen molar-refractivity contribution in [2.75, 3.05) is 11.5 Å². The maximum atomic E-state index is 12.6. The van der Waals surface area contributed by atoms with Gasteiger partial charge in [-0.25, -0.2) is 0 Å². The second-order valence-electron chi connectivity index (χ2n) is 4.60. The van der Waals surface area contributed by atoms with E-state index >= 15 is 0 Å². The normalized spacial score (nSPS) is 12.3. The first-order valence-electron chi connectivity index (χ1n) is 6.10. The molecule has 0 heterocycles. The van der Waals surface area contributed by atoms with Crippen molar-refractivity contribution in [3.8, 4) is 11.5 Å². The van der Waals surface area contributed by atoms with Gasteiger partial charge in [-0.3, -0.25) is 0 Å². The van der Waals surface area contributed by atoms with Gasteiger partial charge in [0.25, 0.3) is 0 Å². The van der Waals surface area contributed by atoms with Gasteiger partial charge in [0.2, 0.25) is 0 Å². The smallest absolute Gasteiger partial charge is 0.418 e. The zero-order valence-electron chi connectivity index (χ0n) is 11.3. The molecule has 0 atom stereocenters. The van der Waals surface area contributed by atoms with Gasteiger partial charge in [-0.05, 0) is 24.3 Å². The zero-order valence-corrected chi connectivity index (χ0v) is 11.3. The van der Waals surface area contributed by atoms with E-state index in [-0.39, 0.29) is 11.5 Å². The quantitative estimate of drug-likeness (QED) is 0.618. The maximum absolute atomic E-state index is 12.6. The second-order valence-corrected chi connectivity index (χ2v) is 4.60. The third kappa shape index (κ3) is 3.79. The molecule has 0 radical (unpaired) electrons. The molecule has 9 heteroatoms. The Kier molecular flexibility index (Phi) is 4.06. The number of nitrogen functional groups attached to an aromatic ring is 2. The topological polar surface area (TPSA) is 61.3 Å². The highest BCUT2D eigenvalue weighted by Crippen LogP contribution is 2.38. The lowest BCUT2D eigenvalue weighted by Crippen LogP contribution is -2.09. The summed E-state index contributed by atoms with van der Waals surface area (Å²) in [4.78, 5) is 0. The highest BCUT2D eigenvalue weighted by Gasteiger charge is 2.34. The Morgan fingerprint density at radius 2 is 1.00 bits per heavy atom. The van der Waals surface area contributed by atoms with E-state index in [9.17, 15) is 26.3 Å². The molecule has 2 rings (SSSR count). The van der Waals surface area contributed by atoms with Crippen molar-refractivity contribution >= 4 is 11.4 Å². The van der Waals surface area contributed by atoms with Crippen LogP contribution in [-0.2, 0) is 12.4 Å². The number of ether oxygens (including phenoxy) is 1. The molecule has 0 aromatic heterocycles. The van der Waals surface area contributed by atoms with Gasteiger partial charge in [0.1, 0.15) is 11.5 Å². The fraction of sp³-hybridized carbons (Fsp3) is 0.143. The van der Waals surface area contributed by atoms with Crippen LogP contribution < -0.4 is 16.2 Å². The van der Waals surface area contributed by atoms with E-state index < -0.39 is 34.9 Å². The summed E-state index contributed by atoms with van der Waals surface area (Å²) in [5.74, 6) is -0.121. The van der Waals surface area contributed by atoms with Crippen LogP contribution in [0.1, 0.15) is 11.1 Å². The van der Waals surface area contributed by atoms with Crippen LogP contribution in [-0.4, -0.2) is 0 Å². The van der Waals surface area contributed by atoms with Crippen LogP contribution in [0.5, 0.6) is 11.5 Å². The summed E-state index contributed by atoms with van der Waals surface area (Å²) in [6.45, 7) is 0. The molecule has 23 heavy (non-hydrogen) atoms. The van der Waals surface area contributed by atoms with Crippen LogP contribution in [0.25, 0.3) is 0 Å². The lowest BCUT2D eigenvalue weighted by atomic mass is 10.1. The molecule has 0 aliphatic heterocycles. The number of hydrogen-bond donors (Lipinski definition) is 2. The standard InChI is InChI=1S/C14H10F6N2O/c15-13(16,17)9-3-1-7(5-11(9)21)23-8-2-4-10(12(22)6-8)14(18,19)20/h1-6H,21-22H2. The number of halogens is 6. The largest absolute Gasteiger partial charge is 0.457 e. The molecule has 0 fully saturated rings. The van der Waals surface area contributed by atoms with Crippen LogP contribution in [0, 0.1) is 0 Å². The first kappa shape index (κ1) is 16.8. The van der Waals surface area contributed by atoms with Gasteiger partial charge in [-0.15, -0.1) is 0 Å². The summed E-state index contributed by atoms with van der Waals surface area (Å²) >= 11 is 0. The van der Waals surface area contributed by atoms with Gasteiger partial charge >= 0.3 is 12.4 Å². The Labute approximate surface area is 126 Å². The highest BCUT2D eigenvalue weighted by atomic mass is 19.4. The Bertz CT molecular complexity index is 663. The Balaban J connectivity index is 2.27. The van der Waals surface area contributed by atoms with Crippen LogP contribution in [0.4, 0.5) is 37.7 Å². The van der Waals surface area contributed by atoms with Crippen LogP contribution in [0.15, 0.2) is 36.4 Å². The minimum absolute atomic E-state index is 0.0605. The van der Waals surface area contributed by atoms with Crippen molar-refractivity contribution in [1.82, 2.24) is 0 Å². The number of benzene rings is 2. The number of hydrogen-bond acceptors (Lipinski definition) is 3. The lowest BCUT2D eigenvalue weighted by molar-refractivity contribution is -0.137. The molecule has 0 bridgehead atoms. The number of anilines is 2. The monoisotopic (exact) mass is 336 g/mol. The van der Waals surface area contributed by atoms with Gasteiger partial charge < -0.3 is 16.2 Å². The zero-order chi connectivity index (χ0) is 17.4. The van der Waals surface area contributed by atoms with E-state index in [1.165, 1.54) is 0 Å². The Morgan fingerprint density at radius 3 is 1.26 bits per heavy atom. The molecule has 0 amide bonds. The molecule has 3 nitrogen and oxygen atoms in total. The lowest BCUT2D eigenvalue weighted by Gasteiger charge is -2.14. The minimum atomic E-state index is -4.61. The molecule has 4 N–H and O–H groups in total. The average Bonchev–Trinajstić information content (AvgIpc) is 2.35. The predicted molar refractivity (Wildman–Crippen MR) is 71.8 cm³/mol. The summed E-state index contributed by atoms with van der Waals surface area (Å²) in [5, 5.41) is 0. The molecular formula is C14H10F6N2O. The summed E-state index contributed by atoms with van der Waals surface area (Å²) in [5.41, 5.74) is 7.42. The number of nitrogens with two attached hydrogens (primary N) is 2. The molecule has 0 unspecified atom stereocenters. The van der Waals surface area contributed by atoms with E-state index in [1.807, 2.05) is 0 Å². The summed E-state index contributed by atoms with van der Waals surface area (Å²) in [7, 11) is 0. The molecule has 124 valence electrons. The molecule has 0 saturated carbocycles. The number of alkyl halides is 6. The fourth-order valence-corrected chi connectivity index (χ4v) is 1.86. The van der Waals surface area contributed by atoms with Gasteiger partial charge in [0.05, 0.1) is 11.1 Å².